The number of hydrogen-bond donors (Lipinski definition) is 0. The molecule has 0 unspecified atom stereocenters. The molecule has 0 N–H and O–H groups in total. The largest absolute Gasteiger partial charge is 0.456 e. The van der Waals surface area contributed by atoms with E-state index in [1.165, 1.54) is 210 Å². The molecular weight excluding hydrogens is 1320 g/mol. The van der Waals surface area contributed by atoms with Crippen molar-refractivity contribution in [3.8, 4) is 77.9 Å². The quantitative estimate of drug-likeness (QED) is 0.0852. The van der Waals surface area contributed by atoms with E-state index in [0.29, 0.717) is 0 Å². The maximum absolute atomic E-state index is 7.25. The maximum atomic E-state index is 7.25. The van der Waals surface area contributed by atoms with Crippen molar-refractivity contribution in [2.45, 2.75) is 173 Å². The summed E-state index contributed by atoms with van der Waals surface area (Å²) in [5.74, 6) is 0. The fraction of sp³-hybridized carbons (Fsp3) is 0.257. The summed E-state index contributed by atoms with van der Waals surface area (Å²) in [5.41, 5.74) is 39.5. The second-order valence-corrected chi connectivity index (χ2v) is 34.9. The Morgan fingerprint density at radius 3 is 1.38 bits per heavy atom. The molecule has 0 atom stereocenters. The molecule has 0 amide bonds. The van der Waals surface area contributed by atoms with E-state index in [0.717, 1.165) is 72.3 Å². The van der Waals surface area contributed by atoms with Crippen LogP contribution in [0.5, 0.6) is 0 Å². The van der Waals surface area contributed by atoms with Crippen molar-refractivity contribution < 1.29 is 13.3 Å². The molecule has 0 bridgehead atoms. The minimum absolute atomic E-state index is 0.0265. The first-order chi connectivity index (χ1) is 53.0. The molecule has 0 aliphatic heterocycles. The zero-order valence-electron chi connectivity index (χ0n) is 64.7. The highest BCUT2D eigenvalue weighted by atomic mass is 16.3. The molecule has 5 aliphatic rings. The second-order valence-electron chi connectivity index (χ2n) is 34.9. The Morgan fingerprint density at radius 2 is 0.688 bits per heavy atom. The molecule has 5 aliphatic carbocycles. The van der Waals surface area contributed by atoms with E-state index in [9.17, 15) is 0 Å². The molecule has 0 fully saturated rings. The maximum Gasteiger partial charge on any atom is 0.143 e. The zero-order chi connectivity index (χ0) is 73.8. The van der Waals surface area contributed by atoms with Gasteiger partial charge in [-0.1, -0.05) is 267 Å². The summed E-state index contributed by atoms with van der Waals surface area (Å²) >= 11 is 0. The Kier molecular flexibility index (Phi) is 14.6. The molecule has 4 heteroatoms. The number of fused-ring (bicyclic) bond motifs is 26. The first-order valence-electron chi connectivity index (χ1n) is 40.6. The number of rotatable bonds is 17. The summed E-state index contributed by atoms with van der Waals surface area (Å²) in [4.78, 5) is 2.48. The van der Waals surface area contributed by atoms with Crippen LogP contribution in [0.15, 0.2) is 250 Å². The van der Waals surface area contributed by atoms with Crippen LogP contribution in [0, 0.1) is 0 Å². The van der Waals surface area contributed by atoms with Crippen LogP contribution in [0.2, 0.25) is 0 Å². The summed E-state index contributed by atoms with van der Waals surface area (Å²) in [7, 11) is 0. The van der Waals surface area contributed by atoms with Gasteiger partial charge in [0.25, 0.3) is 0 Å². The number of furan rings is 3. The van der Waals surface area contributed by atoms with Crippen molar-refractivity contribution in [2.24, 2.45) is 0 Å². The van der Waals surface area contributed by atoms with Crippen LogP contribution in [0.25, 0.3) is 144 Å². The van der Waals surface area contributed by atoms with Crippen molar-refractivity contribution in [3.63, 3.8) is 0 Å². The lowest BCUT2D eigenvalue weighted by molar-refractivity contribution is 0.399. The van der Waals surface area contributed by atoms with Gasteiger partial charge in [0.05, 0.1) is 0 Å². The van der Waals surface area contributed by atoms with Crippen molar-refractivity contribution in [3.05, 3.63) is 292 Å². The molecule has 16 aromatic rings. The van der Waals surface area contributed by atoms with E-state index < -0.39 is 5.41 Å². The molecule has 0 spiro atoms. The molecule has 0 saturated carbocycles. The summed E-state index contributed by atoms with van der Waals surface area (Å²) in [5, 5.41) is 6.93. The fourth-order valence-corrected chi connectivity index (χ4v) is 21.6. The van der Waals surface area contributed by atoms with Gasteiger partial charge in [-0.15, -0.1) is 0 Å². The molecular formula is C105H93NO3. The van der Waals surface area contributed by atoms with E-state index in [1.807, 2.05) is 0 Å². The predicted octanol–water partition coefficient (Wildman–Crippen LogP) is 30.4. The molecule has 3 aromatic heterocycles. The van der Waals surface area contributed by atoms with Crippen LogP contribution in [0.3, 0.4) is 0 Å². The summed E-state index contributed by atoms with van der Waals surface area (Å²) in [6.07, 6.45) is 15.4. The van der Waals surface area contributed by atoms with E-state index in [2.05, 4.69) is 311 Å². The van der Waals surface area contributed by atoms with Crippen molar-refractivity contribution in [1.82, 2.24) is 0 Å². The van der Waals surface area contributed by atoms with Crippen LogP contribution in [0.1, 0.15) is 202 Å². The van der Waals surface area contributed by atoms with Crippen LogP contribution < -0.4 is 4.90 Å². The monoisotopic (exact) mass is 1420 g/mol. The molecule has 0 saturated heterocycles. The van der Waals surface area contributed by atoms with Crippen molar-refractivity contribution in [2.75, 3.05) is 4.90 Å². The first kappa shape index (κ1) is 66.3. The number of unbranched alkanes of at least 4 members (excludes halogenated alkanes) is 8. The zero-order valence-corrected chi connectivity index (χ0v) is 64.7. The lowest BCUT2D eigenvalue weighted by atomic mass is 9.70. The Hall–Kier alpha value is -10.9. The van der Waals surface area contributed by atoms with Gasteiger partial charge in [-0.2, -0.15) is 0 Å². The van der Waals surface area contributed by atoms with Gasteiger partial charge in [0.1, 0.15) is 33.5 Å². The van der Waals surface area contributed by atoms with Gasteiger partial charge in [-0.3, -0.25) is 0 Å². The molecule has 3 heterocycles. The number of benzene rings is 13. The highest BCUT2D eigenvalue weighted by Crippen LogP contribution is 2.63. The van der Waals surface area contributed by atoms with Crippen LogP contribution >= 0.6 is 0 Å². The number of hydrogen-bond acceptors (Lipinski definition) is 4. The third-order valence-corrected chi connectivity index (χ3v) is 27.4. The van der Waals surface area contributed by atoms with E-state index in [4.69, 9.17) is 13.3 Å². The van der Waals surface area contributed by atoms with Gasteiger partial charge in [0.2, 0.25) is 0 Å². The minimum atomic E-state index is -0.412. The van der Waals surface area contributed by atoms with Crippen molar-refractivity contribution in [1.29, 1.82) is 0 Å². The third-order valence-electron chi connectivity index (χ3n) is 27.4. The third kappa shape index (κ3) is 9.49. The molecule has 21 rings (SSSR count). The lowest BCUT2D eigenvalue weighted by Gasteiger charge is -2.33. The molecule has 0 radical (unpaired) electrons. The van der Waals surface area contributed by atoms with Crippen LogP contribution in [-0.4, -0.2) is 0 Å². The smallest absolute Gasteiger partial charge is 0.143 e. The Labute approximate surface area is 640 Å². The highest BCUT2D eigenvalue weighted by molar-refractivity contribution is 6.20. The first-order valence-corrected chi connectivity index (χ1v) is 40.6. The SMILES string of the molecule is CCCCCCCC1(CCCCCCC)c2ccccc2-c2ccc(-c3ccc4c(c3)C(C)(C)c3cc(-c5cc6c(c7c5oc5ccccc57)-c5ccc(N(c7ccc8c(c7)C(C)(C)c7cc9c(cc7-8)C(C)(C)c7ccc8oc%10ccccc%10c8c7-9)c7ccc8c(c7)oc7ccccc78)cc5C6(C)C)ccc3-4)cc21. The van der Waals surface area contributed by atoms with Crippen LogP contribution in [-0.2, 0) is 27.1 Å². The lowest BCUT2D eigenvalue weighted by Crippen LogP contribution is -2.25. The second kappa shape index (κ2) is 24.0. The fourth-order valence-electron chi connectivity index (χ4n) is 21.6. The Bertz CT molecular complexity index is 6530. The summed E-state index contributed by atoms with van der Waals surface area (Å²) in [6.45, 7) is 24.1. The Balaban J connectivity index is 0.657. The van der Waals surface area contributed by atoms with Gasteiger partial charge in [-0.05, 0) is 238 Å². The average molecular weight is 1420 g/mol. The Morgan fingerprint density at radius 1 is 0.257 bits per heavy atom. The number of anilines is 3. The van der Waals surface area contributed by atoms with Gasteiger partial charge in [-0.25, -0.2) is 0 Å². The van der Waals surface area contributed by atoms with Crippen molar-refractivity contribution >= 4 is 82.9 Å². The topological polar surface area (TPSA) is 42.7 Å². The van der Waals surface area contributed by atoms with E-state index in [-0.39, 0.29) is 21.7 Å². The van der Waals surface area contributed by atoms with E-state index >= 15 is 0 Å². The van der Waals surface area contributed by atoms with Gasteiger partial charge < -0.3 is 18.2 Å². The van der Waals surface area contributed by atoms with Gasteiger partial charge in [0, 0.05) is 88.1 Å². The standard InChI is InChI=1S/C105H93NO3/c1-11-13-15-17-27-51-105(52-28-18-16-14-12-2)81-33-23-19-29-68(81)71-44-38-63(54-89(71)105)62-37-43-69-70-45-39-64(55-84(70)102(5,6)83(69)53-62)78-59-90-96(99-77-32-22-26-36-93(77)109-100(78)99)75-48-42-66(57-86(75)104(90,9)10)106(67-41-47-74-73-30-20-24-34-91(73)108-95(74)58-67)65-40-46-72-79-60-88-80(61-87(79)103(7,8)85(72)56-65)97-82(101(88,3)4)49-50-94-98(97)76-31-21-25-35-92(76)107-94/h19-26,29-50,53-61H,11-18,27-28,51-52H2,1-10H3. The van der Waals surface area contributed by atoms with E-state index in [1.54, 1.807) is 11.1 Å². The van der Waals surface area contributed by atoms with Gasteiger partial charge in [0.15, 0.2) is 0 Å². The molecule has 536 valence electrons. The minimum Gasteiger partial charge on any atom is -0.456 e. The normalized spacial score (nSPS) is 15.7. The van der Waals surface area contributed by atoms with Gasteiger partial charge >= 0.3 is 0 Å². The highest BCUT2D eigenvalue weighted by Gasteiger charge is 2.47. The molecule has 13 aromatic carbocycles. The summed E-state index contributed by atoms with van der Waals surface area (Å²) < 4.78 is 20.6. The van der Waals surface area contributed by atoms with Crippen LogP contribution in [0.4, 0.5) is 17.1 Å². The molecule has 109 heavy (non-hydrogen) atoms. The summed E-state index contributed by atoms with van der Waals surface area (Å²) in [6, 6.07) is 90.7. The molecule has 4 nitrogen and oxygen atoms in total. The number of nitrogens with zero attached hydrogens (tertiary/aromatic N) is 1. The average Bonchev–Trinajstić information content (AvgIpc) is 1.53. The number of para-hydroxylation sites is 3. The predicted molar refractivity (Wildman–Crippen MR) is 457 cm³/mol.